The number of aromatic carboxylic acids is 1. The molecule has 1 aliphatic heterocycles. The monoisotopic (exact) mass is 386 g/mol. The van der Waals surface area contributed by atoms with E-state index in [-0.39, 0.29) is 11.3 Å². The van der Waals surface area contributed by atoms with Gasteiger partial charge in [0.25, 0.3) is 0 Å². The summed E-state index contributed by atoms with van der Waals surface area (Å²) in [5, 5.41) is 16.8. The third kappa shape index (κ3) is 3.33. The zero-order chi connectivity index (χ0) is 18.8. The average molecular weight is 386 g/mol. The van der Waals surface area contributed by atoms with Crippen LogP contribution in [0.25, 0.3) is 11.3 Å². The Balaban J connectivity index is 1.58. The number of carboxylic acids is 1. The Kier molecular flexibility index (Phi) is 4.68. The lowest BCUT2D eigenvalue weighted by Gasteiger charge is -2.34. The highest BCUT2D eigenvalue weighted by Gasteiger charge is 2.29. The molecule has 9 heteroatoms. The van der Waals surface area contributed by atoms with E-state index >= 15 is 0 Å². The molecule has 0 unspecified atom stereocenters. The van der Waals surface area contributed by atoms with Crippen LogP contribution in [0.2, 0.25) is 0 Å². The Hall–Kier alpha value is -3.07. The van der Waals surface area contributed by atoms with Crippen LogP contribution in [0.1, 0.15) is 10.4 Å². The van der Waals surface area contributed by atoms with Gasteiger partial charge in [0.2, 0.25) is 0 Å². The predicted molar refractivity (Wildman–Crippen MR) is 102 cm³/mol. The summed E-state index contributed by atoms with van der Waals surface area (Å²) in [5.41, 5.74) is 0.733. The molecule has 0 aliphatic carbocycles. The van der Waals surface area contributed by atoms with Gasteiger partial charge in [-0.15, -0.1) is 11.3 Å². The first-order valence-electron chi connectivity index (χ1n) is 8.44. The van der Waals surface area contributed by atoms with E-state index < -0.39 is 5.97 Å². The van der Waals surface area contributed by atoms with Crippen LogP contribution in [0, 0.1) is 0 Å². The third-order valence-corrected chi connectivity index (χ3v) is 5.34. The highest BCUT2D eigenvalue weighted by Crippen LogP contribution is 2.33. The molecule has 0 amide bonds. The molecule has 4 rings (SSSR count). The maximum absolute atomic E-state index is 11.9. The first-order valence-corrected chi connectivity index (χ1v) is 9.32. The smallest absolute Gasteiger partial charge is 0.343 e. The van der Waals surface area contributed by atoms with Crippen LogP contribution >= 0.6 is 11.3 Å². The van der Waals surface area contributed by atoms with Gasteiger partial charge in [-0.3, -0.25) is 0 Å². The van der Waals surface area contributed by atoms with Gasteiger partial charge >= 0.3 is 5.97 Å². The number of piperazine rings is 1. The lowest BCUT2D eigenvalue weighted by atomic mass is 10.1. The van der Waals surface area contributed by atoms with Gasteiger partial charge in [0, 0.05) is 43.3 Å². The first-order chi connectivity index (χ1) is 13.2. The maximum Gasteiger partial charge on any atom is 0.343 e. The van der Waals surface area contributed by atoms with Crippen molar-refractivity contribution in [3.05, 3.63) is 41.4 Å². The van der Waals surface area contributed by atoms with E-state index in [4.69, 9.17) is 9.26 Å². The Labute approximate surface area is 159 Å². The topological polar surface area (TPSA) is 91.9 Å². The van der Waals surface area contributed by atoms with Gasteiger partial charge in [-0.05, 0) is 24.3 Å². The highest BCUT2D eigenvalue weighted by atomic mass is 32.1. The van der Waals surface area contributed by atoms with E-state index in [2.05, 4.69) is 15.0 Å². The van der Waals surface area contributed by atoms with Crippen molar-refractivity contribution < 1.29 is 19.2 Å². The molecular formula is C18H18N4O4S. The number of carbonyl (C=O) groups is 1. The van der Waals surface area contributed by atoms with Gasteiger partial charge in [-0.25, -0.2) is 9.78 Å². The second kappa shape index (κ2) is 7.28. The summed E-state index contributed by atoms with van der Waals surface area (Å²) in [7, 11) is 1.58. The fourth-order valence-electron chi connectivity index (χ4n) is 3.11. The highest BCUT2D eigenvalue weighted by molar-refractivity contribution is 7.13. The number of ether oxygens (including phenoxy) is 1. The summed E-state index contributed by atoms with van der Waals surface area (Å²) >= 11 is 1.60. The summed E-state index contributed by atoms with van der Waals surface area (Å²) in [6.07, 6.45) is 1.79. The van der Waals surface area contributed by atoms with Crippen LogP contribution in [0.4, 0.5) is 10.9 Å². The minimum absolute atomic E-state index is 0.0860. The fraction of sp³-hybridized carbons (Fsp3) is 0.278. The average Bonchev–Trinajstić information content (AvgIpc) is 3.38. The maximum atomic E-state index is 11.9. The third-order valence-electron chi connectivity index (χ3n) is 4.51. The van der Waals surface area contributed by atoms with Crippen LogP contribution in [0.15, 0.2) is 40.4 Å². The molecule has 1 N–H and O–H groups in total. The molecule has 0 atom stereocenters. The summed E-state index contributed by atoms with van der Waals surface area (Å²) in [6.45, 7) is 2.79. The fourth-order valence-corrected chi connectivity index (χ4v) is 3.81. The zero-order valence-corrected chi connectivity index (χ0v) is 15.5. The second-order valence-electron chi connectivity index (χ2n) is 6.03. The molecule has 1 aliphatic rings. The second-order valence-corrected chi connectivity index (χ2v) is 6.91. The molecule has 0 spiro atoms. The minimum Gasteiger partial charge on any atom is -0.497 e. The molecule has 1 saturated heterocycles. The molecule has 0 radical (unpaired) electrons. The number of nitrogens with zero attached hydrogens (tertiary/aromatic N) is 4. The van der Waals surface area contributed by atoms with Crippen LogP contribution in [-0.4, -0.2) is 54.5 Å². The molecule has 1 aromatic carbocycles. The quantitative estimate of drug-likeness (QED) is 0.716. The molecule has 27 heavy (non-hydrogen) atoms. The van der Waals surface area contributed by atoms with Crippen molar-refractivity contribution in [3.63, 3.8) is 0 Å². The number of carboxylic acid groups (broad SMARTS) is 1. The number of methoxy groups -OCH3 is 1. The molecular weight excluding hydrogens is 368 g/mol. The van der Waals surface area contributed by atoms with E-state index in [1.54, 1.807) is 48.9 Å². The Morgan fingerprint density at radius 2 is 1.89 bits per heavy atom. The molecule has 3 aromatic rings. The van der Waals surface area contributed by atoms with Crippen molar-refractivity contribution in [2.45, 2.75) is 0 Å². The van der Waals surface area contributed by atoms with Crippen LogP contribution in [-0.2, 0) is 0 Å². The van der Waals surface area contributed by atoms with Crippen LogP contribution < -0.4 is 14.5 Å². The van der Waals surface area contributed by atoms with E-state index in [9.17, 15) is 9.90 Å². The van der Waals surface area contributed by atoms with E-state index in [1.165, 1.54) is 0 Å². The van der Waals surface area contributed by atoms with E-state index in [0.29, 0.717) is 30.2 Å². The summed E-state index contributed by atoms with van der Waals surface area (Å²) in [5.74, 6) is 0.253. The van der Waals surface area contributed by atoms with Crippen LogP contribution in [0.5, 0.6) is 5.75 Å². The number of aromatic nitrogens is 2. The lowest BCUT2D eigenvalue weighted by Crippen LogP contribution is -2.47. The van der Waals surface area contributed by atoms with Gasteiger partial charge in [0.15, 0.2) is 22.3 Å². The SMILES string of the molecule is COc1ccc(-c2onc(N3CCN(c4nccs4)CC3)c2C(=O)O)cc1. The summed E-state index contributed by atoms with van der Waals surface area (Å²) in [6, 6.07) is 7.04. The Morgan fingerprint density at radius 3 is 2.48 bits per heavy atom. The van der Waals surface area contributed by atoms with Crippen molar-refractivity contribution in [1.82, 2.24) is 10.1 Å². The number of anilines is 2. The molecule has 0 saturated carbocycles. The normalized spacial score (nSPS) is 14.4. The van der Waals surface area contributed by atoms with Crippen molar-refractivity contribution >= 4 is 28.3 Å². The van der Waals surface area contributed by atoms with Crippen LogP contribution in [0.3, 0.4) is 0 Å². The Bertz CT molecular complexity index is 916. The minimum atomic E-state index is -1.06. The summed E-state index contributed by atoms with van der Waals surface area (Å²) < 4.78 is 10.6. The van der Waals surface area contributed by atoms with Crippen molar-refractivity contribution in [1.29, 1.82) is 0 Å². The van der Waals surface area contributed by atoms with E-state index in [1.807, 2.05) is 10.3 Å². The number of hydrogen-bond donors (Lipinski definition) is 1. The number of rotatable bonds is 5. The van der Waals surface area contributed by atoms with E-state index in [0.717, 1.165) is 18.2 Å². The van der Waals surface area contributed by atoms with Gasteiger partial charge < -0.3 is 24.2 Å². The molecule has 3 heterocycles. The lowest BCUT2D eigenvalue weighted by molar-refractivity contribution is 0.0698. The van der Waals surface area contributed by atoms with Gasteiger partial charge in [0.05, 0.1) is 7.11 Å². The molecule has 140 valence electrons. The number of hydrogen-bond acceptors (Lipinski definition) is 8. The van der Waals surface area contributed by atoms with Gasteiger partial charge in [0.1, 0.15) is 5.75 Å². The molecule has 2 aromatic heterocycles. The van der Waals surface area contributed by atoms with Gasteiger partial charge in [-0.2, -0.15) is 0 Å². The first kappa shape index (κ1) is 17.3. The zero-order valence-electron chi connectivity index (χ0n) is 14.7. The summed E-state index contributed by atoms with van der Waals surface area (Å²) in [4.78, 5) is 20.4. The van der Waals surface area contributed by atoms with Gasteiger partial charge in [-0.1, -0.05) is 5.16 Å². The number of thiazole rings is 1. The number of benzene rings is 1. The Morgan fingerprint density at radius 1 is 1.19 bits per heavy atom. The van der Waals surface area contributed by atoms with Crippen molar-refractivity contribution in [2.24, 2.45) is 0 Å². The predicted octanol–water partition coefficient (Wildman–Crippen LogP) is 2.83. The molecule has 8 nitrogen and oxygen atoms in total. The standard InChI is InChI=1S/C18H18N4O4S/c1-25-13-4-2-12(3-5-13)15-14(17(23)24)16(20-26-15)21-7-9-22(10-8-21)18-19-6-11-27-18/h2-6,11H,7-10H2,1H3,(H,23,24). The van der Waals surface area contributed by atoms with Crippen molar-refractivity contribution in [2.75, 3.05) is 43.1 Å². The van der Waals surface area contributed by atoms with Crippen molar-refractivity contribution in [3.8, 4) is 17.1 Å². The largest absolute Gasteiger partial charge is 0.497 e. The molecule has 0 bridgehead atoms. The molecule has 1 fully saturated rings.